The lowest BCUT2D eigenvalue weighted by atomic mass is 10.1. The van der Waals surface area contributed by atoms with Gasteiger partial charge >= 0.3 is 0 Å². The fourth-order valence-corrected chi connectivity index (χ4v) is 3.44. The molecule has 25 heavy (non-hydrogen) atoms. The summed E-state index contributed by atoms with van der Waals surface area (Å²) in [6.45, 7) is 2.36. The molecule has 1 unspecified atom stereocenters. The van der Waals surface area contributed by atoms with Crippen LogP contribution < -0.4 is 15.0 Å². The van der Waals surface area contributed by atoms with Crippen molar-refractivity contribution in [2.24, 2.45) is 5.92 Å². The number of hydrogen-bond donors (Lipinski definition) is 1. The van der Waals surface area contributed by atoms with Gasteiger partial charge in [-0.05, 0) is 64.8 Å². The number of hydrogen-bond acceptors (Lipinski definition) is 3. The van der Waals surface area contributed by atoms with Crippen molar-refractivity contribution in [1.82, 2.24) is 0 Å². The van der Waals surface area contributed by atoms with E-state index in [-0.39, 0.29) is 24.2 Å². The first-order valence-corrected chi connectivity index (χ1v) is 8.78. The topological polar surface area (TPSA) is 58.6 Å². The van der Waals surface area contributed by atoms with E-state index in [1.165, 1.54) is 0 Å². The van der Waals surface area contributed by atoms with Crippen LogP contribution in [-0.2, 0) is 9.59 Å². The number of halogens is 1. The molecule has 2 aromatic rings. The number of benzene rings is 2. The number of methoxy groups -OCH3 is 1. The number of ether oxygens (including phenoxy) is 1. The first kappa shape index (κ1) is 17.5. The van der Waals surface area contributed by atoms with E-state index in [1.54, 1.807) is 24.1 Å². The molecule has 1 N–H and O–H groups in total. The maximum Gasteiger partial charge on any atom is 0.229 e. The number of anilines is 2. The van der Waals surface area contributed by atoms with Crippen molar-refractivity contribution in [1.29, 1.82) is 0 Å². The summed E-state index contributed by atoms with van der Waals surface area (Å²) in [5.41, 5.74) is 2.59. The average molecular weight is 403 g/mol. The minimum Gasteiger partial charge on any atom is -0.497 e. The van der Waals surface area contributed by atoms with Gasteiger partial charge in [-0.25, -0.2) is 0 Å². The van der Waals surface area contributed by atoms with Crippen molar-refractivity contribution in [3.8, 4) is 5.75 Å². The van der Waals surface area contributed by atoms with Crippen LogP contribution >= 0.6 is 15.9 Å². The van der Waals surface area contributed by atoms with Crippen LogP contribution in [0, 0.1) is 12.8 Å². The largest absolute Gasteiger partial charge is 0.497 e. The molecule has 0 aromatic heterocycles. The van der Waals surface area contributed by atoms with Crippen LogP contribution in [0.2, 0.25) is 0 Å². The lowest BCUT2D eigenvalue weighted by Crippen LogP contribution is -2.28. The summed E-state index contributed by atoms with van der Waals surface area (Å²) < 4.78 is 5.96. The molecule has 0 saturated carbocycles. The molecule has 130 valence electrons. The maximum atomic E-state index is 12.5. The van der Waals surface area contributed by atoms with E-state index in [9.17, 15) is 9.59 Å². The molecule has 3 rings (SSSR count). The van der Waals surface area contributed by atoms with Gasteiger partial charge in [0.15, 0.2) is 0 Å². The molecule has 0 bridgehead atoms. The van der Waals surface area contributed by atoms with Crippen LogP contribution in [0.5, 0.6) is 5.75 Å². The lowest BCUT2D eigenvalue weighted by Gasteiger charge is -2.17. The van der Waals surface area contributed by atoms with Crippen molar-refractivity contribution < 1.29 is 14.3 Å². The minimum absolute atomic E-state index is 0.0479. The van der Waals surface area contributed by atoms with Gasteiger partial charge in [0.2, 0.25) is 11.8 Å². The smallest absolute Gasteiger partial charge is 0.229 e. The number of amides is 2. The van der Waals surface area contributed by atoms with E-state index in [0.717, 1.165) is 21.5 Å². The van der Waals surface area contributed by atoms with Gasteiger partial charge in [-0.3, -0.25) is 9.59 Å². The van der Waals surface area contributed by atoms with Gasteiger partial charge in [0.1, 0.15) is 5.75 Å². The summed E-state index contributed by atoms with van der Waals surface area (Å²) in [5.74, 6) is 0.166. The standard InChI is InChI=1S/C19H19BrN2O3/c1-12-3-8-17(16(20)9-12)21-19(24)13-10-18(23)22(11-13)14-4-6-15(25-2)7-5-14/h3-9,13H,10-11H2,1-2H3,(H,21,24). The molecule has 0 spiro atoms. The SMILES string of the molecule is COc1ccc(N2CC(C(=O)Nc3ccc(C)cc3Br)CC2=O)cc1. The molecule has 1 aliphatic heterocycles. The van der Waals surface area contributed by atoms with Crippen molar-refractivity contribution in [3.63, 3.8) is 0 Å². The van der Waals surface area contributed by atoms with E-state index >= 15 is 0 Å². The Hall–Kier alpha value is -2.34. The molecule has 2 aromatic carbocycles. The zero-order valence-electron chi connectivity index (χ0n) is 14.1. The van der Waals surface area contributed by atoms with Gasteiger partial charge in [-0.15, -0.1) is 0 Å². The Morgan fingerprint density at radius 2 is 1.96 bits per heavy atom. The Balaban J connectivity index is 1.69. The van der Waals surface area contributed by atoms with E-state index < -0.39 is 0 Å². The van der Waals surface area contributed by atoms with Crippen molar-refractivity contribution in [2.75, 3.05) is 23.9 Å². The number of nitrogens with zero attached hydrogens (tertiary/aromatic N) is 1. The average Bonchev–Trinajstić information content (AvgIpc) is 2.99. The molecule has 1 saturated heterocycles. The van der Waals surface area contributed by atoms with Gasteiger partial charge in [-0.2, -0.15) is 0 Å². The number of nitrogens with one attached hydrogen (secondary N) is 1. The number of rotatable bonds is 4. The Kier molecular flexibility index (Phi) is 5.08. The quantitative estimate of drug-likeness (QED) is 0.846. The summed E-state index contributed by atoms with van der Waals surface area (Å²) >= 11 is 3.45. The molecule has 5 nitrogen and oxygen atoms in total. The molecule has 1 heterocycles. The minimum atomic E-state index is -0.372. The normalized spacial score (nSPS) is 16.8. The van der Waals surface area contributed by atoms with Crippen LogP contribution in [0.1, 0.15) is 12.0 Å². The van der Waals surface area contributed by atoms with Gasteiger partial charge in [0.25, 0.3) is 0 Å². The van der Waals surface area contributed by atoms with Gasteiger partial charge in [-0.1, -0.05) is 6.07 Å². The lowest BCUT2D eigenvalue weighted by molar-refractivity contribution is -0.122. The molecule has 1 fully saturated rings. The molecule has 6 heteroatoms. The summed E-state index contributed by atoms with van der Waals surface area (Å²) in [6.07, 6.45) is 0.210. The molecule has 1 aliphatic rings. The summed E-state index contributed by atoms with van der Waals surface area (Å²) in [5, 5.41) is 2.91. The van der Waals surface area contributed by atoms with Crippen LogP contribution in [0.4, 0.5) is 11.4 Å². The predicted molar refractivity (Wildman–Crippen MR) is 101 cm³/mol. The fourth-order valence-electron chi connectivity index (χ4n) is 2.85. The second-order valence-corrected chi connectivity index (χ2v) is 6.93. The number of aryl methyl sites for hydroxylation is 1. The second kappa shape index (κ2) is 7.27. The third-order valence-corrected chi connectivity index (χ3v) is 4.92. The summed E-state index contributed by atoms with van der Waals surface area (Å²) in [7, 11) is 1.60. The molecular formula is C19H19BrN2O3. The third-order valence-electron chi connectivity index (χ3n) is 4.26. The number of carbonyl (C=O) groups excluding carboxylic acids is 2. The van der Waals surface area contributed by atoms with Gasteiger partial charge in [0.05, 0.1) is 18.7 Å². The summed E-state index contributed by atoms with van der Waals surface area (Å²) in [4.78, 5) is 26.5. The van der Waals surface area contributed by atoms with E-state index in [1.807, 2.05) is 37.3 Å². The molecular weight excluding hydrogens is 384 g/mol. The zero-order chi connectivity index (χ0) is 18.0. The first-order chi connectivity index (χ1) is 12.0. The Bertz CT molecular complexity index is 805. The van der Waals surface area contributed by atoms with Crippen LogP contribution in [0.25, 0.3) is 0 Å². The highest BCUT2D eigenvalue weighted by Gasteiger charge is 2.35. The maximum absolute atomic E-state index is 12.5. The highest BCUT2D eigenvalue weighted by molar-refractivity contribution is 9.10. The molecule has 2 amide bonds. The fraction of sp³-hybridized carbons (Fsp3) is 0.263. The van der Waals surface area contributed by atoms with Crippen molar-refractivity contribution in [2.45, 2.75) is 13.3 Å². The highest BCUT2D eigenvalue weighted by atomic mass is 79.9. The van der Waals surface area contributed by atoms with Crippen LogP contribution in [0.15, 0.2) is 46.9 Å². The number of carbonyl (C=O) groups is 2. The van der Waals surface area contributed by atoms with E-state index in [2.05, 4.69) is 21.2 Å². The molecule has 1 atom stereocenters. The first-order valence-electron chi connectivity index (χ1n) is 7.99. The predicted octanol–water partition coefficient (Wildman–Crippen LogP) is 3.76. The van der Waals surface area contributed by atoms with E-state index in [4.69, 9.17) is 4.74 Å². The monoisotopic (exact) mass is 402 g/mol. The zero-order valence-corrected chi connectivity index (χ0v) is 15.7. The van der Waals surface area contributed by atoms with Crippen molar-refractivity contribution in [3.05, 3.63) is 52.5 Å². The van der Waals surface area contributed by atoms with Crippen LogP contribution in [0.3, 0.4) is 0 Å². The third kappa shape index (κ3) is 3.85. The second-order valence-electron chi connectivity index (χ2n) is 6.08. The van der Waals surface area contributed by atoms with Crippen molar-refractivity contribution >= 4 is 39.1 Å². The van der Waals surface area contributed by atoms with Gasteiger partial charge < -0.3 is 15.0 Å². The van der Waals surface area contributed by atoms with E-state index in [0.29, 0.717) is 12.2 Å². The molecule has 0 aliphatic carbocycles. The Morgan fingerprint density at radius 3 is 2.60 bits per heavy atom. The Labute approximate surface area is 155 Å². The highest BCUT2D eigenvalue weighted by Crippen LogP contribution is 2.29. The van der Waals surface area contributed by atoms with Gasteiger partial charge in [0, 0.05) is 23.1 Å². The Morgan fingerprint density at radius 1 is 1.24 bits per heavy atom. The summed E-state index contributed by atoms with van der Waals surface area (Å²) in [6, 6.07) is 13.0. The molecule has 0 radical (unpaired) electrons. The van der Waals surface area contributed by atoms with Crippen LogP contribution in [-0.4, -0.2) is 25.5 Å².